The van der Waals surface area contributed by atoms with E-state index in [1.165, 1.54) is 11.8 Å². The topological polar surface area (TPSA) is 44.8 Å². The van der Waals surface area contributed by atoms with E-state index in [1.54, 1.807) is 31.2 Å². The standard InChI is InChI=1S/C17H17IO4S/c1-12(17(19)20-11-23-2)21-14-7-9-16(10-8-14)22-15-5-3-13(18)4-6-15/h3-10,12H,11H2,1-2H3. The molecule has 2 aromatic carbocycles. The zero-order chi connectivity index (χ0) is 16.7. The Hall–Kier alpha value is -1.41. The highest BCUT2D eigenvalue weighted by molar-refractivity contribution is 14.1. The smallest absolute Gasteiger partial charge is 0.347 e. The SMILES string of the molecule is CSCOC(=O)C(C)Oc1ccc(Oc2ccc(I)cc2)cc1. The van der Waals surface area contributed by atoms with Gasteiger partial charge in [0.05, 0.1) is 0 Å². The molecule has 0 aliphatic rings. The maximum Gasteiger partial charge on any atom is 0.347 e. The fourth-order valence-corrected chi connectivity index (χ4v) is 2.31. The summed E-state index contributed by atoms with van der Waals surface area (Å²) in [6, 6.07) is 14.9. The number of halogens is 1. The average Bonchev–Trinajstić information content (AvgIpc) is 2.56. The molecule has 0 radical (unpaired) electrons. The lowest BCUT2D eigenvalue weighted by atomic mass is 10.3. The number of hydrogen-bond donors (Lipinski definition) is 0. The summed E-state index contributed by atoms with van der Waals surface area (Å²) in [4.78, 5) is 11.7. The van der Waals surface area contributed by atoms with E-state index in [9.17, 15) is 4.79 Å². The molecule has 0 saturated carbocycles. The van der Waals surface area contributed by atoms with Crippen LogP contribution in [0.4, 0.5) is 0 Å². The second-order valence-corrected chi connectivity index (χ2v) is 6.72. The molecule has 2 rings (SSSR count). The molecule has 1 atom stereocenters. The first-order valence-electron chi connectivity index (χ1n) is 6.94. The van der Waals surface area contributed by atoms with Crippen molar-refractivity contribution in [3.8, 4) is 17.2 Å². The van der Waals surface area contributed by atoms with E-state index in [0.717, 1.165) is 9.32 Å². The second kappa shape index (κ2) is 9.02. The summed E-state index contributed by atoms with van der Waals surface area (Å²) in [5.41, 5.74) is 0. The molecule has 0 aliphatic heterocycles. The first-order chi connectivity index (χ1) is 11.1. The molecular weight excluding hydrogens is 427 g/mol. The summed E-state index contributed by atoms with van der Waals surface area (Å²) < 4.78 is 17.5. The number of carbonyl (C=O) groups excluding carboxylic acids is 1. The van der Waals surface area contributed by atoms with Crippen LogP contribution in [0.5, 0.6) is 17.2 Å². The highest BCUT2D eigenvalue weighted by Crippen LogP contribution is 2.25. The van der Waals surface area contributed by atoms with Gasteiger partial charge in [-0.05, 0) is 84.3 Å². The third-order valence-electron chi connectivity index (χ3n) is 2.84. The molecule has 122 valence electrons. The van der Waals surface area contributed by atoms with Crippen LogP contribution in [0.1, 0.15) is 6.92 Å². The van der Waals surface area contributed by atoms with Gasteiger partial charge in [-0.3, -0.25) is 0 Å². The van der Waals surface area contributed by atoms with Gasteiger partial charge in [-0.1, -0.05) is 0 Å². The molecule has 0 aromatic heterocycles. The number of rotatable bonds is 7. The molecule has 0 fully saturated rings. The largest absolute Gasteiger partial charge is 0.479 e. The van der Waals surface area contributed by atoms with Crippen LogP contribution in [0.3, 0.4) is 0 Å². The Labute approximate surface area is 153 Å². The highest BCUT2D eigenvalue weighted by Gasteiger charge is 2.16. The van der Waals surface area contributed by atoms with E-state index >= 15 is 0 Å². The summed E-state index contributed by atoms with van der Waals surface area (Å²) in [5.74, 6) is 2.02. The van der Waals surface area contributed by atoms with E-state index < -0.39 is 6.10 Å². The summed E-state index contributed by atoms with van der Waals surface area (Å²) in [7, 11) is 0. The molecule has 2 aromatic rings. The average molecular weight is 444 g/mol. The second-order valence-electron chi connectivity index (χ2n) is 4.66. The molecule has 23 heavy (non-hydrogen) atoms. The fourth-order valence-electron chi connectivity index (χ4n) is 1.71. The first-order valence-corrected chi connectivity index (χ1v) is 9.41. The molecule has 0 N–H and O–H groups in total. The number of esters is 1. The maximum absolute atomic E-state index is 11.7. The van der Waals surface area contributed by atoms with Gasteiger partial charge in [0.1, 0.15) is 23.2 Å². The van der Waals surface area contributed by atoms with Crippen LogP contribution >= 0.6 is 34.4 Å². The van der Waals surface area contributed by atoms with Crippen molar-refractivity contribution >= 4 is 40.3 Å². The highest BCUT2D eigenvalue weighted by atomic mass is 127. The Morgan fingerprint density at radius 2 is 1.57 bits per heavy atom. The monoisotopic (exact) mass is 444 g/mol. The van der Waals surface area contributed by atoms with E-state index in [0.29, 0.717) is 17.4 Å². The van der Waals surface area contributed by atoms with Crippen LogP contribution in [0.2, 0.25) is 0 Å². The summed E-state index contributed by atoms with van der Waals surface area (Å²) in [6.45, 7) is 1.67. The van der Waals surface area contributed by atoms with Crippen molar-refractivity contribution in [1.82, 2.24) is 0 Å². The summed E-state index contributed by atoms with van der Waals surface area (Å²) >= 11 is 3.69. The van der Waals surface area contributed by atoms with Crippen molar-refractivity contribution < 1.29 is 19.0 Å². The Bertz CT molecular complexity index is 628. The van der Waals surface area contributed by atoms with Gasteiger partial charge in [-0.25, -0.2) is 4.79 Å². The Morgan fingerprint density at radius 1 is 1.04 bits per heavy atom. The molecule has 0 amide bonds. The Morgan fingerprint density at radius 3 is 2.13 bits per heavy atom. The van der Waals surface area contributed by atoms with Gasteiger partial charge in [-0.15, -0.1) is 11.8 Å². The first kappa shape index (κ1) is 17.9. The maximum atomic E-state index is 11.7. The van der Waals surface area contributed by atoms with Crippen LogP contribution in [0.15, 0.2) is 48.5 Å². The van der Waals surface area contributed by atoms with Gasteiger partial charge in [0.2, 0.25) is 0 Å². The minimum Gasteiger partial charge on any atom is -0.479 e. The van der Waals surface area contributed by atoms with Crippen molar-refractivity contribution in [3.05, 3.63) is 52.1 Å². The molecule has 0 spiro atoms. The van der Waals surface area contributed by atoms with E-state index in [-0.39, 0.29) is 5.97 Å². The molecule has 0 bridgehead atoms. The molecule has 4 nitrogen and oxygen atoms in total. The Balaban J connectivity index is 1.91. The quantitative estimate of drug-likeness (QED) is 0.352. The molecule has 0 saturated heterocycles. The molecule has 0 aliphatic carbocycles. The van der Waals surface area contributed by atoms with Gasteiger partial charge >= 0.3 is 5.97 Å². The zero-order valence-corrected chi connectivity index (χ0v) is 15.8. The molecular formula is C17H17IO4S. The predicted molar refractivity (Wildman–Crippen MR) is 100 cm³/mol. The zero-order valence-electron chi connectivity index (χ0n) is 12.8. The van der Waals surface area contributed by atoms with Crippen LogP contribution < -0.4 is 9.47 Å². The predicted octanol–water partition coefficient (Wildman–Crippen LogP) is 4.71. The normalized spacial score (nSPS) is 11.6. The third kappa shape index (κ3) is 5.95. The molecule has 1 unspecified atom stereocenters. The van der Waals surface area contributed by atoms with Gasteiger partial charge in [0.25, 0.3) is 0 Å². The van der Waals surface area contributed by atoms with Crippen molar-refractivity contribution in [2.75, 3.05) is 12.2 Å². The van der Waals surface area contributed by atoms with Crippen LogP contribution in [-0.2, 0) is 9.53 Å². The lowest BCUT2D eigenvalue weighted by Gasteiger charge is -2.14. The number of thioether (sulfide) groups is 1. The number of ether oxygens (including phenoxy) is 3. The van der Waals surface area contributed by atoms with Crippen LogP contribution in [-0.4, -0.2) is 24.3 Å². The van der Waals surface area contributed by atoms with Gasteiger partial charge in [-0.2, -0.15) is 0 Å². The third-order valence-corrected chi connectivity index (χ3v) is 3.91. The van der Waals surface area contributed by atoms with Gasteiger partial charge in [0, 0.05) is 3.57 Å². The van der Waals surface area contributed by atoms with E-state index in [2.05, 4.69) is 22.6 Å². The number of carbonyl (C=O) groups is 1. The summed E-state index contributed by atoms with van der Waals surface area (Å²) in [6.07, 6.45) is 1.22. The fraction of sp³-hybridized carbons (Fsp3) is 0.235. The molecule has 0 heterocycles. The summed E-state index contributed by atoms with van der Waals surface area (Å²) in [5, 5.41) is 0. The van der Waals surface area contributed by atoms with Crippen LogP contribution in [0.25, 0.3) is 0 Å². The van der Waals surface area contributed by atoms with Crippen molar-refractivity contribution in [3.63, 3.8) is 0 Å². The number of benzene rings is 2. The van der Waals surface area contributed by atoms with Crippen molar-refractivity contribution in [2.45, 2.75) is 13.0 Å². The lowest BCUT2D eigenvalue weighted by molar-refractivity contribution is -0.148. The number of hydrogen-bond acceptors (Lipinski definition) is 5. The van der Waals surface area contributed by atoms with Crippen LogP contribution in [0, 0.1) is 3.57 Å². The van der Waals surface area contributed by atoms with Gasteiger partial charge < -0.3 is 14.2 Å². The minimum atomic E-state index is -0.648. The molecule has 6 heteroatoms. The Kier molecular flexibility index (Phi) is 7.04. The minimum absolute atomic E-state index is 0.329. The van der Waals surface area contributed by atoms with Gasteiger partial charge in [0.15, 0.2) is 6.10 Å². The van der Waals surface area contributed by atoms with Crippen molar-refractivity contribution in [1.29, 1.82) is 0 Å². The lowest BCUT2D eigenvalue weighted by Crippen LogP contribution is -2.25. The van der Waals surface area contributed by atoms with E-state index in [1.807, 2.05) is 30.5 Å². The van der Waals surface area contributed by atoms with E-state index in [4.69, 9.17) is 14.2 Å². The van der Waals surface area contributed by atoms with Crippen molar-refractivity contribution in [2.24, 2.45) is 0 Å².